The Balaban J connectivity index is 2.27. The van der Waals surface area contributed by atoms with E-state index in [1.807, 2.05) is 0 Å². The third-order valence-corrected chi connectivity index (χ3v) is 3.92. The summed E-state index contributed by atoms with van der Waals surface area (Å²) in [6, 6.07) is 9.30. The molecule has 0 bridgehead atoms. The van der Waals surface area contributed by atoms with E-state index in [0.29, 0.717) is 6.04 Å². The van der Waals surface area contributed by atoms with Crippen LogP contribution < -0.4 is 10.6 Å². The summed E-state index contributed by atoms with van der Waals surface area (Å²) in [7, 11) is 2.19. The van der Waals surface area contributed by atoms with Gasteiger partial charge in [-0.2, -0.15) is 0 Å². The van der Waals surface area contributed by atoms with Gasteiger partial charge in [-0.15, -0.1) is 0 Å². The van der Waals surface area contributed by atoms with E-state index in [1.165, 1.54) is 11.3 Å². The Kier molecular flexibility index (Phi) is 4.25. The summed E-state index contributed by atoms with van der Waals surface area (Å²) in [5.74, 6) is 0. The molecule has 3 heteroatoms. The van der Waals surface area contributed by atoms with Gasteiger partial charge in [-0.25, -0.2) is 0 Å². The second-order valence-corrected chi connectivity index (χ2v) is 5.38. The van der Waals surface area contributed by atoms with Crippen LogP contribution in [0, 0.1) is 0 Å². The van der Waals surface area contributed by atoms with E-state index >= 15 is 0 Å². The van der Waals surface area contributed by atoms with E-state index < -0.39 is 0 Å². The summed E-state index contributed by atoms with van der Waals surface area (Å²) in [6.45, 7) is 7.78. The fraction of sp³-hybridized carbons (Fsp3) is 0.600. The fourth-order valence-corrected chi connectivity index (χ4v) is 2.78. The quantitative estimate of drug-likeness (QED) is 0.889. The Morgan fingerprint density at radius 2 is 2.06 bits per heavy atom. The number of piperazine rings is 1. The van der Waals surface area contributed by atoms with Gasteiger partial charge in [0.25, 0.3) is 0 Å². The van der Waals surface area contributed by atoms with Gasteiger partial charge >= 0.3 is 0 Å². The summed E-state index contributed by atoms with van der Waals surface area (Å²) in [6.07, 6.45) is 0.985. The van der Waals surface area contributed by atoms with E-state index in [0.717, 1.165) is 26.1 Å². The first-order valence-electron chi connectivity index (χ1n) is 6.93. The van der Waals surface area contributed by atoms with E-state index in [1.54, 1.807) is 0 Å². The number of anilines is 1. The van der Waals surface area contributed by atoms with Crippen LogP contribution in [0.3, 0.4) is 0 Å². The first kappa shape index (κ1) is 13.4. The summed E-state index contributed by atoms with van der Waals surface area (Å²) in [5, 5.41) is 0. The highest BCUT2D eigenvalue weighted by Crippen LogP contribution is 2.29. The van der Waals surface area contributed by atoms with Gasteiger partial charge in [0.2, 0.25) is 0 Å². The van der Waals surface area contributed by atoms with Crippen molar-refractivity contribution in [1.29, 1.82) is 0 Å². The molecule has 100 valence electrons. The summed E-state index contributed by atoms with van der Waals surface area (Å²) in [5.41, 5.74) is 8.85. The number of nitrogens with zero attached hydrogens (tertiary/aromatic N) is 2. The molecule has 0 aliphatic carbocycles. The highest BCUT2D eigenvalue weighted by atomic mass is 15.3. The van der Waals surface area contributed by atoms with Crippen LogP contribution in [0.1, 0.15) is 31.9 Å². The Labute approximate surface area is 111 Å². The third-order valence-electron chi connectivity index (χ3n) is 3.92. The number of nitrogens with two attached hydrogens (primary N) is 1. The Bertz CT molecular complexity index is 391. The molecule has 2 N–H and O–H groups in total. The first-order chi connectivity index (χ1) is 8.63. The molecule has 3 nitrogen and oxygen atoms in total. The van der Waals surface area contributed by atoms with Crippen LogP contribution in [-0.4, -0.2) is 37.6 Å². The predicted octanol–water partition coefficient (Wildman–Crippen LogP) is 2.24. The predicted molar refractivity (Wildman–Crippen MR) is 78.0 cm³/mol. The maximum absolute atomic E-state index is 6.24. The molecule has 1 heterocycles. The summed E-state index contributed by atoms with van der Waals surface area (Å²) >= 11 is 0. The van der Waals surface area contributed by atoms with Crippen molar-refractivity contribution in [2.24, 2.45) is 5.73 Å². The van der Waals surface area contributed by atoms with Crippen molar-refractivity contribution in [2.75, 3.05) is 31.6 Å². The zero-order chi connectivity index (χ0) is 13.1. The van der Waals surface area contributed by atoms with Crippen molar-refractivity contribution in [3.8, 4) is 0 Å². The summed E-state index contributed by atoms with van der Waals surface area (Å²) in [4.78, 5) is 4.90. The smallest absolute Gasteiger partial charge is 0.0417 e. The van der Waals surface area contributed by atoms with Gasteiger partial charge in [0, 0.05) is 37.4 Å². The minimum atomic E-state index is 0.146. The van der Waals surface area contributed by atoms with Gasteiger partial charge in [0.1, 0.15) is 0 Å². The second kappa shape index (κ2) is 5.72. The number of rotatable bonds is 3. The van der Waals surface area contributed by atoms with Crippen molar-refractivity contribution in [1.82, 2.24) is 4.90 Å². The molecule has 1 aromatic rings. The molecule has 0 aromatic heterocycles. The highest BCUT2D eigenvalue weighted by molar-refractivity contribution is 5.56. The van der Waals surface area contributed by atoms with Crippen molar-refractivity contribution in [2.45, 2.75) is 32.4 Å². The Hall–Kier alpha value is -1.06. The minimum absolute atomic E-state index is 0.146. The molecular weight excluding hydrogens is 222 g/mol. The molecule has 0 amide bonds. The van der Waals surface area contributed by atoms with Crippen LogP contribution in [0.25, 0.3) is 0 Å². The zero-order valence-corrected chi connectivity index (χ0v) is 11.8. The SMILES string of the molecule is CC[C@@H](N)c1ccccc1N1CCN(C)CC1C. The lowest BCUT2D eigenvalue weighted by molar-refractivity contribution is 0.275. The molecule has 0 saturated carbocycles. The average Bonchev–Trinajstić information content (AvgIpc) is 2.38. The van der Waals surface area contributed by atoms with E-state index in [9.17, 15) is 0 Å². The lowest BCUT2D eigenvalue weighted by atomic mass is 10.0. The molecule has 2 atom stereocenters. The van der Waals surface area contributed by atoms with Crippen molar-refractivity contribution in [3.05, 3.63) is 29.8 Å². The molecule has 2 rings (SSSR count). The molecule has 1 aliphatic heterocycles. The molecule has 1 aromatic carbocycles. The van der Waals surface area contributed by atoms with Crippen molar-refractivity contribution >= 4 is 5.69 Å². The maximum Gasteiger partial charge on any atom is 0.0417 e. The van der Waals surface area contributed by atoms with Crippen LogP contribution in [-0.2, 0) is 0 Å². The minimum Gasteiger partial charge on any atom is -0.366 e. The van der Waals surface area contributed by atoms with Gasteiger partial charge in [0.15, 0.2) is 0 Å². The molecule has 1 saturated heterocycles. The molecule has 0 spiro atoms. The Morgan fingerprint density at radius 3 is 2.72 bits per heavy atom. The third kappa shape index (κ3) is 2.68. The van der Waals surface area contributed by atoms with Crippen molar-refractivity contribution < 1.29 is 0 Å². The lowest BCUT2D eigenvalue weighted by Gasteiger charge is -2.41. The topological polar surface area (TPSA) is 32.5 Å². The van der Waals surface area contributed by atoms with Gasteiger partial charge in [0.05, 0.1) is 0 Å². The van der Waals surface area contributed by atoms with E-state index in [2.05, 4.69) is 55.0 Å². The van der Waals surface area contributed by atoms with Gasteiger partial charge in [-0.1, -0.05) is 25.1 Å². The van der Waals surface area contributed by atoms with E-state index in [4.69, 9.17) is 5.73 Å². The van der Waals surface area contributed by atoms with Crippen molar-refractivity contribution in [3.63, 3.8) is 0 Å². The second-order valence-electron chi connectivity index (χ2n) is 5.38. The average molecular weight is 247 g/mol. The number of para-hydroxylation sites is 1. The van der Waals surface area contributed by atoms with Crippen LogP contribution in [0.2, 0.25) is 0 Å². The van der Waals surface area contributed by atoms with Crippen LogP contribution in [0.4, 0.5) is 5.69 Å². The molecule has 1 aliphatic rings. The number of likely N-dealkylation sites (N-methyl/N-ethyl adjacent to an activating group) is 1. The van der Waals surface area contributed by atoms with Crippen LogP contribution in [0.5, 0.6) is 0 Å². The highest BCUT2D eigenvalue weighted by Gasteiger charge is 2.24. The molecule has 1 fully saturated rings. The number of benzene rings is 1. The van der Waals surface area contributed by atoms with E-state index in [-0.39, 0.29) is 6.04 Å². The zero-order valence-electron chi connectivity index (χ0n) is 11.8. The molecule has 18 heavy (non-hydrogen) atoms. The van der Waals surface area contributed by atoms with Gasteiger partial charge in [-0.05, 0) is 32.0 Å². The van der Waals surface area contributed by atoms with Gasteiger partial charge in [-0.3, -0.25) is 0 Å². The number of hydrogen-bond donors (Lipinski definition) is 1. The van der Waals surface area contributed by atoms with Crippen LogP contribution >= 0.6 is 0 Å². The lowest BCUT2D eigenvalue weighted by Crippen LogP contribution is -2.51. The first-order valence-corrected chi connectivity index (χ1v) is 6.93. The monoisotopic (exact) mass is 247 g/mol. The molecular formula is C15H25N3. The maximum atomic E-state index is 6.24. The standard InChI is InChI=1S/C15H25N3/c1-4-14(16)13-7-5-6-8-15(13)18-10-9-17(3)11-12(18)2/h5-8,12,14H,4,9-11,16H2,1-3H3/t12?,14-/m1/s1. The largest absolute Gasteiger partial charge is 0.366 e. The normalized spacial score (nSPS) is 23.1. The van der Waals surface area contributed by atoms with Crippen LogP contribution in [0.15, 0.2) is 24.3 Å². The molecule has 1 unspecified atom stereocenters. The Morgan fingerprint density at radius 1 is 1.33 bits per heavy atom. The summed E-state index contributed by atoms with van der Waals surface area (Å²) < 4.78 is 0. The fourth-order valence-electron chi connectivity index (χ4n) is 2.78. The van der Waals surface area contributed by atoms with Gasteiger partial charge < -0.3 is 15.5 Å². The molecule has 0 radical (unpaired) electrons. The number of hydrogen-bond acceptors (Lipinski definition) is 3.